The number of nitrogens with zero attached hydrogens (tertiary/aromatic N) is 1. The number of nitrogens with one attached hydrogen (secondary N) is 1. The number of hydrogen-bond donors (Lipinski definition) is 1. The van der Waals surface area contributed by atoms with Crippen molar-refractivity contribution in [2.24, 2.45) is 0 Å². The van der Waals surface area contributed by atoms with Crippen LogP contribution in [0.3, 0.4) is 0 Å². The van der Waals surface area contributed by atoms with E-state index in [2.05, 4.69) is 35.6 Å². The summed E-state index contributed by atoms with van der Waals surface area (Å²) >= 11 is 0. The van der Waals surface area contributed by atoms with Gasteiger partial charge in [0.15, 0.2) is 0 Å². The van der Waals surface area contributed by atoms with Crippen molar-refractivity contribution in [2.75, 3.05) is 11.9 Å². The molecule has 0 radical (unpaired) electrons. The van der Waals surface area contributed by atoms with Crippen LogP contribution in [0, 0.1) is 0 Å². The topological polar surface area (TPSA) is 49.4 Å². The van der Waals surface area contributed by atoms with Crippen molar-refractivity contribution in [1.82, 2.24) is 4.90 Å². The number of rotatable bonds is 5. The zero-order valence-electron chi connectivity index (χ0n) is 18.9. The lowest BCUT2D eigenvalue weighted by atomic mass is 9.98. The van der Waals surface area contributed by atoms with Gasteiger partial charge in [-0.1, -0.05) is 78.9 Å². The van der Waals surface area contributed by atoms with Crippen LogP contribution in [-0.4, -0.2) is 23.3 Å². The summed E-state index contributed by atoms with van der Waals surface area (Å²) in [6, 6.07) is 33.7. The van der Waals surface area contributed by atoms with Crippen molar-refractivity contribution in [2.45, 2.75) is 19.4 Å². The summed E-state index contributed by atoms with van der Waals surface area (Å²) in [5.41, 5.74) is 7.04. The van der Waals surface area contributed by atoms with Crippen LogP contribution in [0.4, 0.5) is 5.69 Å². The van der Waals surface area contributed by atoms with Crippen LogP contribution in [-0.2, 0) is 24.2 Å². The largest absolute Gasteiger partial charge is 0.334 e. The Bertz CT molecular complexity index is 1300. The van der Waals surface area contributed by atoms with E-state index in [-0.39, 0.29) is 11.8 Å². The summed E-state index contributed by atoms with van der Waals surface area (Å²) in [5.74, 6) is -0.0138. The molecule has 1 aliphatic rings. The van der Waals surface area contributed by atoms with Gasteiger partial charge in [0.1, 0.15) is 0 Å². The predicted octanol–water partition coefficient (Wildman–Crippen LogP) is 5.73. The first-order valence-electron chi connectivity index (χ1n) is 11.6. The van der Waals surface area contributed by atoms with E-state index in [1.807, 2.05) is 77.7 Å². The molecule has 1 N–H and O–H groups in total. The zero-order chi connectivity index (χ0) is 23.3. The highest BCUT2D eigenvalue weighted by molar-refractivity contribution is 5.94. The summed E-state index contributed by atoms with van der Waals surface area (Å²) in [5, 5.41) is 3.02. The molecule has 5 rings (SSSR count). The molecule has 0 aliphatic carbocycles. The highest BCUT2D eigenvalue weighted by atomic mass is 16.2. The summed E-state index contributed by atoms with van der Waals surface area (Å²) in [7, 11) is 0. The summed E-state index contributed by atoms with van der Waals surface area (Å²) in [4.78, 5) is 27.4. The number of carbonyl (C=O) groups is 2. The highest BCUT2D eigenvalue weighted by Gasteiger charge is 2.22. The van der Waals surface area contributed by atoms with Gasteiger partial charge in [-0.05, 0) is 58.5 Å². The molecule has 0 atom stereocenters. The van der Waals surface area contributed by atoms with Crippen LogP contribution in [0.2, 0.25) is 0 Å². The first-order chi connectivity index (χ1) is 16.7. The van der Waals surface area contributed by atoms with E-state index in [0.29, 0.717) is 25.1 Å². The molecule has 34 heavy (non-hydrogen) atoms. The fourth-order valence-electron chi connectivity index (χ4n) is 4.41. The third-order valence-corrected chi connectivity index (χ3v) is 6.24. The summed E-state index contributed by atoms with van der Waals surface area (Å²) in [6.07, 6.45) is 1.13. The van der Waals surface area contributed by atoms with Gasteiger partial charge in [0.25, 0.3) is 5.91 Å². The van der Waals surface area contributed by atoms with Gasteiger partial charge in [-0.2, -0.15) is 0 Å². The Labute approximate surface area is 199 Å². The fraction of sp³-hybridized carbons (Fsp3) is 0.133. The van der Waals surface area contributed by atoms with Crippen molar-refractivity contribution >= 4 is 17.5 Å². The lowest BCUT2D eigenvalue weighted by Crippen LogP contribution is -2.36. The molecule has 0 saturated heterocycles. The maximum absolute atomic E-state index is 12.8. The fourth-order valence-corrected chi connectivity index (χ4v) is 4.41. The first kappa shape index (κ1) is 21.7. The number of anilines is 1. The first-order valence-corrected chi connectivity index (χ1v) is 11.6. The predicted molar refractivity (Wildman–Crippen MR) is 136 cm³/mol. The molecule has 168 valence electrons. The summed E-state index contributed by atoms with van der Waals surface area (Å²) < 4.78 is 0. The molecule has 1 aliphatic heterocycles. The van der Waals surface area contributed by atoms with E-state index in [1.54, 1.807) is 0 Å². The van der Waals surface area contributed by atoms with Crippen molar-refractivity contribution in [3.63, 3.8) is 0 Å². The summed E-state index contributed by atoms with van der Waals surface area (Å²) in [6.45, 7) is 1.25. The molecule has 0 unspecified atom stereocenters. The van der Waals surface area contributed by atoms with Crippen LogP contribution in [0.5, 0.6) is 0 Å². The standard InChI is InChI=1S/C30H26N2O2/c33-29(19-22-11-13-24(14-12-22)23-7-3-1-4-8-23)31-28-16-15-25-17-18-32(21-27(25)20-28)30(34)26-9-5-2-6-10-26/h1-16,20H,17-19,21H2,(H,31,33). The van der Waals surface area contributed by atoms with Crippen molar-refractivity contribution in [3.8, 4) is 11.1 Å². The molecule has 4 aromatic carbocycles. The van der Waals surface area contributed by atoms with E-state index < -0.39 is 0 Å². The number of fused-ring (bicyclic) bond motifs is 1. The maximum Gasteiger partial charge on any atom is 0.254 e. The minimum absolute atomic E-state index is 0.0413. The molecule has 0 aromatic heterocycles. The van der Waals surface area contributed by atoms with Gasteiger partial charge in [-0.15, -0.1) is 0 Å². The van der Waals surface area contributed by atoms with E-state index in [9.17, 15) is 9.59 Å². The smallest absolute Gasteiger partial charge is 0.254 e. The Hall–Kier alpha value is -4.18. The lowest BCUT2D eigenvalue weighted by molar-refractivity contribution is -0.115. The van der Waals surface area contributed by atoms with Gasteiger partial charge in [-0.25, -0.2) is 0 Å². The number of carbonyl (C=O) groups excluding carboxylic acids is 2. The average Bonchev–Trinajstić information content (AvgIpc) is 2.89. The van der Waals surface area contributed by atoms with Crippen LogP contribution < -0.4 is 5.32 Å². The Balaban J connectivity index is 1.23. The molecular formula is C30H26N2O2. The van der Waals surface area contributed by atoms with Crippen LogP contribution in [0.1, 0.15) is 27.0 Å². The SMILES string of the molecule is O=C(Cc1ccc(-c2ccccc2)cc1)Nc1ccc2c(c1)CN(C(=O)c1ccccc1)CC2. The lowest BCUT2D eigenvalue weighted by Gasteiger charge is -2.29. The molecule has 4 aromatic rings. The second-order valence-corrected chi connectivity index (χ2v) is 8.61. The molecule has 0 saturated carbocycles. The molecule has 1 heterocycles. The molecule has 0 spiro atoms. The molecule has 4 nitrogen and oxygen atoms in total. The van der Waals surface area contributed by atoms with Crippen LogP contribution >= 0.6 is 0 Å². The van der Waals surface area contributed by atoms with Gasteiger partial charge >= 0.3 is 0 Å². The van der Waals surface area contributed by atoms with Gasteiger partial charge in [-0.3, -0.25) is 9.59 Å². The van der Waals surface area contributed by atoms with E-state index in [0.717, 1.165) is 34.4 Å². The second kappa shape index (κ2) is 9.75. The van der Waals surface area contributed by atoms with E-state index in [1.165, 1.54) is 5.56 Å². The highest BCUT2D eigenvalue weighted by Crippen LogP contribution is 2.24. The van der Waals surface area contributed by atoms with E-state index in [4.69, 9.17) is 0 Å². The molecule has 0 bridgehead atoms. The Morgan fingerprint density at radius 3 is 2.15 bits per heavy atom. The molecular weight excluding hydrogens is 420 g/mol. The third-order valence-electron chi connectivity index (χ3n) is 6.24. The molecule has 2 amide bonds. The minimum Gasteiger partial charge on any atom is -0.334 e. The van der Waals surface area contributed by atoms with Gasteiger partial charge in [0, 0.05) is 24.3 Å². The third kappa shape index (κ3) is 4.91. The molecule has 4 heteroatoms. The van der Waals surface area contributed by atoms with Crippen molar-refractivity contribution in [3.05, 3.63) is 125 Å². The quantitative estimate of drug-likeness (QED) is 0.425. The monoisotopic (exact) mass is 446 g/mol. The van der Waals surface area contributed by atoms with Gasteiger partial charge in [0.2, 0.25) is 5.91 Å². The Kier molecular flexibility index (Phi) is 6.21. The van der Waals surface area contributed by atoms with Crippen molar-refractivity contribution in [1.29, 1.82) is 0 Å². The van der Waals surface area contributed by atoms with Gasteiger partial charge < -0.3 is 10.2 Å². The second-order valence-electron chi connectivity index (χ2n) is 8.61. The normalized spacial score (nSPS) is 12.6. The van der Waals surface area contributed by atoms with Crippen LogP contribution in [0.25, 0.3) is 11.1 Å². The average molecular weight is 447 g/mol. The van der Waals surface area contributed by atoms with Crippen LogP contribution in [0.15, 0.2) is 103 Å². The minimum atomic E-state index is -0.0551. The van der Waals surface area contributed by atoms with E-state index >= 15 is 0 Å². The zero-order valence-corrected chi connectivity index (χ0v) is 18.9. The number of hydrogen-bond acceptors (Lipinski definition) is 2. The Morgan fingerprint density at radius 2 is 1.41 bits per heavy atom. The maximum atomic E-state index is 12.8. The van der Waals surface area contributed by atoms with Gasteiger partial charge in [0.05, 0.1) is 6.42 Å². The number of benzene rings is 4. The Morgan fingerprint density at radius 1 is 0.735 bits per heavy atom. The number of amides is 2. The molecule has 0 fully saturated rings. The van der Waals surface area contributed by atoms with Crippen molar-refractivity contribution < 1.29 is 9.59 Å².